The summed E-state index contributed by atoms with van der Waals surface area (Å²) < 4.78 is 98.6. The predicted octanol–water partition coefficient (Wildman–Crippen LogP) is 0.670. The first-order valence-corrected chi connectivity index (χ1v) is 6.07. The summed E-state index contributed by atoms with van der Waals surface area (Å²) >= 11 is 0. The molecule has 0 aromatic heterocycles. The molecule has 0 fully saturated rings. The molecule has 0 aliphatic rings. The van der Waals surface area contributed by atoms with Crippen molar-refractivity contribution in [3.8, 4) is 0 Å². The smallest absolute Gasteiger partial charge is 0.432 e. The van der Waals surface area contributed by atoms with Gasteiger partial charge >= 0.3 is 33.5 Å². The zero-order valence-corrected chi connectivity index (χ0v) is 10.6. The van der Waals surface area contributed by atoms with E-state index in [1.165, 1.54) is 0 Å². The van der Waals surface area contributed by atoms with Gasteiger partial charge in [-0.25, -0.2) is 9.59 Å². The lowest BCUT2D eigenvalue weighted by Crippen LogP contribution is -2.52. The van der Waals surface area contributed by atoms with E-state index in [-0.39, 0.29) is 0 Å². The van der Waals surface area contributed by atoms with Gasteiger partial charge in [0.15, 0.2) is 6.61 Å². The van der Waals surface area contributed by atoms with Crippen molar-refractivity contribution in [3.63, 3.8) is 0 Å². The van der Waals surface area contributed by atoms with Crippen molar-refractivity contribution in [3.05, 3.63) is 12.7 Å². The fourth-order valence-corrected chi connectivity index (χ4v) is 1.27. The van der Waals surface area contributed by atoms with Gasteiger partial charge in [0.2, 0.25) is 0 Å². The van der Waals surface area contributed by atoms with Gasteiger partial charge in [-0.1, -0.05) is 6.58 Å². The molecular weight excluding hydrogens is 335 g/mol. The van der Waals surface area contributed by atoms with Crippen LogP contribution >= 0.6 is 0 Å². The Kier molecular flexibility index (Phi) is 5.81. The average Bonchev–Trinajstić information content (AvgIpc) is 2.29. The van der Waals surface area contributed by atoms with Gasteiger partial charge in [0.05, 0.1) is 0 Å². The molecule has 1 atom stereocenters. The van der Waals surface area contributed by atoms with Crippen LogP contribution in [0.2, 0.25) is 0 Å². The highest BCUT2D eigenvalue weighted by Gasteiger charge is 2.66. The Morgan fingerprint density at radius 2 is 1.71 bits per heavy atom. The fourth-order valence-electron chi connectivity index (χ4n) is 0.816. The monoisotopic (exact) mass is 342 g/mol. The molecule has 122 valence electrons. The van der Waals surface area contributed by atoms with Crippen LogP contribution in [0.4, 0.5) is 22.0 Å². The molecule has 0 saturated heterocycles. The second-order valence-electron chi connectivity index (χ2n) is 3.26. The number of carbonyl (C=O) groups excluding carboxylic acids is 2. The van der Waals surface area contributed by atoms with Gasteiger partial charge < -0.3 is 9.47 Å². The highest BCUT2D eigenvalue weighted by Crippen LogP contribution is 2.37. The lowest BCUT2D eigenvalue weighted by molar-refractivity contribution is -0.260. The number of rotatable bonds is 6. The first-order chi connectivity index (χ1) is 9.23. The third-order valence-electron chi connectivity index (χ3n) is 1.69. The van der Waals surface area contributed by atoms with E-state index in [0.717, 1.165) is 0 Å². The summed E-state index contributed by atoms with van der Waals surface area (Å²) in [5, 5.41) is -5.84. The van der Waals surface area contributed by atoms with Crippen LogP contribution in [0.5, 0.6) is 0 Å². The first kappa shape index (κ1) is 19.2. The first-order valence-electron chi connectivity index (χ1n) is 4.63. The summed E-state index contributed by atoms with van der Waals surface area (Å²) in [7, 11) is -6.52. The molecule has 0 aliphatic heterocycles. The summed E-state index contributed by atoms with van der Waals surface area (Å²) in [6.45, 7) is 1.37. The minimum Gasteiger partial charge on any atom is -0.451 e. The van der Waals surface area contributed by atoms with Crippen LogP contribution in [-0.4, -0.2) is 49.1 Å². The van der Waals surface area contributed by atoms with Gasteiger partial charge in [-0.3, -0.25) is 4.55 Å². The maximum Gasteiger partial charge on any atom is 0.432 e. The fraction of sp³-hybridized carbons (Fsp3) is 0.500. The van der Waals surface area contributed by atoms with Gasteiger partial charge in [0.1, 0.15) is 0 Å². The van der Waals surface area contributed by atoms with Crippen LogP contribution in [0.15, 0.2) is 12.7 Å². The maximum atomic E-state index is 13.0. The Morgan fingerprint density at radius 3 is 2.05 bits per heavy atom. The Labute approximate surface area is 114 Å². The molecular formula is C8H7F5O7S. The normalized spacial score (nSPS) is 14.2. The molecule has 0 aliphatic carbocycles. The predicted molar refractivity (Wildman–Crippen MR) is 53.6 cm³/mol. The number of hydrogen-bond donors (Lipinski definition) is 1. The Morgan fingerprint density at radius 1 is 1.24 bits per heavy atom. The molecule has 21 heavy (non-hydrogen) atoms. The lowest BCUT2D eigenvalue weighted by Gasteiger charge is -2.25. The van der Waals surface area contributed by atoms with Gasteiger partial charge in [-0.05, 0) is 0 Å². The summed E-state index contributed by atoms with van der Waals surface area (Å²) in [4.78, 5) is 21.4. The quantitative estimate of drug-likeness (QED) is 0.327. The minimum atomic E-state index is -6.52. The van der Waals surface area contributed by atoms with E-state index in [9.17, 15) is 40.0 Å². The molecule has 1 unspecified atom stereocenters. The van der Waals surface area contributed by atoms with E-state index >= 15 is 0 Å². The second kappa shape index (κ2) is 6.34. The zero-order valence-electron chi connectivity index (χ0n) is 9.76. The van der Waals surface area contributed by atoms with E-state index in [1.54, 1.807) is 0 Å². The van der Waals surface area contributed by atoms with E-state index in [1.807, 2.05) is 0 Å². The molecule has 0 aromatic carbocycles. The van der Waals surface area contributed by atoms with Gasteiger partial charge in [0, 0.05) is 6.08 Å². The van der Waals surface area contributed by atoms with Crippen molar-refractivity contribution < 1.29 is 54.0 Å². The van der Waals surface area contributed by atoms with Crippen molar-refractivity contribution in [2.75, 3.05) is 6.61 Å². The maximum absolute atomic E-state index is 13.0. The largest absolute Gasteiger partial charge is 0.451 e. The third kappa shape index (κ3) is 5.26. The summed E-state index contributed by atoms with van der Waals surface area (Å²) in [5.74, 6) is -3.38. The van der Waals surface area contributed by atoms with E-state index in [0.29, 0.717) is 6.08 Å². The number of ether oxygens (including phenoxy) is 2. The molecule has 0 bridgehead atoms. The van der Waals surface area contributed by atoms with Crippen molar-refractivity contribution >= 4 is 22.1 Å². The summed E-state index contributed by atoms with van der Waals surface area (Å²) in [6, 6.07) is 0. The van der Waals surface area contributed by atoms with Crippen LogP contribution in [0.1, 0.15) is 0 Å². The number of carbonyl (C=O) groups is 2. The van der Waals surface area contributed by atoms with Crippen molar-refractivity contribution in [2.24, 2.45) is 0 Å². The Hall–Kier alpha value is -1.76. The van der Waals surface area contributed by atoms with Crippen LogP contribution in [0, 0.1) is 0 Å². The number of esters is 2. The molecule has 0 radical (unpaired) electrons. The van der Waals surface area contributed by atoms with Crippen LogP contribution < -0.4 is 0 Å². The molecule has 0 spiro atoms. The van der Waals surface area contributed by atoms with E-state index in [2.05, 4.69) is 16.1 Å². The summed E-state index contributed by atoms with van der Waals surface area (Å²) in [6.07, 6.45) is -9.98. The zero-order chi connectivity index (χ0) is 17.1. The molecule has 0 amide bonds. The summed E-state index contributed by atoms with van der Waals surface area (Å²) in [5.41, 5.74) is 0. The molecule has 0 heterocycles. The molecule has 1 N–H and O–H groups in total. The SMILES string of the molecule is C=CC(=O)OCC(=O)OC(C(F)(F)F)C(F)(F)S(=O)(=O)O. The molecule has 13 heteroatoms. The third-order valence-corrected chi connectivity index (χ3v) is 2.60. The minimum absolute atomic E-state index is 0.515. The highest BCUT2D eigenvalue weighted by molar-refractivity contribution is 7.86. The van der Waals surface area contributed by atoms with Crippen molar-refractivity contribution in [2.45, 2.75) is 17.5 Å². The lowest BCUT2D eigenvalue weighted by atomic mass is 10.3. The molecule has 0 saturated carbocycles. The molecule has 7 nitrogen and oxygen atoms in total. The van der Waals surface area contributed by atoms with Gasteiger partial charge in [-0.15, -0.1) is 0 Å². The number of alkyl halides is 5. The number of hydrogen-bond acceptors (Lipinski definition) is 6. The van der Waals surface area contributed by atoms with Crippen LogP contribution in [0.3, 0.4) is 0 Å². The van der Waals surface area contributed by atoms with Crippen LogP contribution in [0.25, 0.3) is 0 Å². The topological polar surface area (TPSA) is 107 Å². The van der Waals surface area contributed by atoms with Gasteiger partial charge in [-0.2, -0.15) is 30.4 Å². The van der Waals surface area contributed by atoms with Crippen molar-refractivity contribution in [1.29, 1.82) is 0 Å². The van der Waals surface area contributed by atoms with E-state index < -0.39 is 46.2 Å². The highest BCUT2D eigenvalue weighted by atomic mass is 32.2. The van der Waals surface area contributed by atoms with Gasteiger partial charge in [0.25, 0.3) is 6.10 Å². The van der Waals surface area contributed by atoms with Crippen LogP contribution in [-0.2, 0) is 29.2 Å². The Balaban J connectivity index is 5.19. The Bertz CT molecular complexity index is 524. The average molecular weight is 342 g/mol. The molecule has 0 aromatic rings. The second-order valence-corrected chi connectivity index (χ2v) is 4.75. The number of halogens is 5. The van der Waals surface area contributed by atoms with Crippen molar-refractivity contribution in [1.82, 2.24) is 0 Å². The molecule has 0 rings (SSSR count). The standard InChI is InChI=1S/C8H7F5O7S/c1-2-4(14)19-3-5(15)20-6(7(9,10)11)8(12,13)21(16,17)18/h2,6H,1,3H2,(H,16,17,18). The van der Waals surface area contributed by atoms with E-state index in [4.69, 9.17) is 4.55 Å².